The summed E-state index contributed by atoms with van der Waals surface area (Å²) in [5.74, 6) is -0.865. The lowest BCUT2D eigenvalue weighted by molar-refractivity contribution is -0.126. The highest BCUT2D eigenvalue weighted by molar-refractivity contribution is 6.35. The second-order valence-corrected chi connectivity index (χ2v) is 6.03. The molecule has 120 valence electrons. The summed E-state index contributed by atoms with van der Waals surface area (Å²) in [5, 5.41) is 6.57. The lowest BCUT2D eigenvalue weighted by Gasteiger charge is -2.08. The summed E-state index contributed by atoms with van der Waals surface area (Å²) < 4.78 is 0. The Balaban J connectivity index is 1.85. The van der Waals surface area contributed by atoms with E-state index < -0.39 is 11.8 Å². The van der Waals surface area contributed by atoms with Crippen molar-refractivity contribution in [3.63, 3.8) is 0 Å². The van der Waals surface area contributed by atoms with Gasteiger partial charge >= 0.3 is 0 Å². The highest BCUT2D eigenvalue weighted by Crippen LogP contribution is 2.22. The van der Waals surface area contributed by atoms with Crippen molar-refractivity contribution in [2.45, 2.75) is 13.0 Å². The van der Waals surface area contributed by atoms with Crippen molar-refractivity contribution >= 4 is 52.3 Å². The Morgan fingerprint density at radius 1 is 0.913 bits per heavy atom. The largest absolute Gasteiger partial charge is 0.352 e. The van der Waals surface area contributed by atoms with E-state index in [9.17, 15) is 9.59 Å². The lowest BCUT2D eigenvalue weighted by Crippen LogP contribution is -2.27. The van der Waals surface area contributed by atoms with Crippen LogP contribution in [0, 0.1) is 0 Å². The standard InChI is InChI=1S/C16H13Cl3N2O2/c17-11-5-12(18)7-13(6-11)21-16(23)8-15(22)20-9-10-3-1-2-4-14(10)19/h1-7H,8-9H2,(H,20,22)(H,21,23). The minimum atomic E-state index is -0.458. The molecule has 2 aromatic carbocycles. The van der Waals surface area contributed by atoms with Gasteiger partial charge in [0.15, 0.2) is 0 Å². The Bertz CT molecular complexity index is 715. The van der Waals surface area contributed by atoms with Crippen molar-refractivity contribution in [1.82, 2.24) is 5.32 Å². The number of hydrogen-bond donors (Lipinski definition) is 2. The fourth-order valence-electron chi connectivity index (χ4n) is 1.88. The third-order valence-corrected chi connectivity index (χ3v) is 3.71. The Kier molecular flexibility index (Phi) is 6.28. The van der Waals surface area contributed by atoms with E-state index >= 15 is 0 Å². The van der Waals surface area contributed by atoms with Gasteiger partial charge in [-0.2, -0.15) is 0 Å². The van der Waals surface area contributed by atoms with Gasteiger partial charge in [-0.25, -0.2) is 0 Å². The second kappa shape index (κ2) is 8.20. The van der Waals surface area contributed by atoms with Crippen molar-refractivity contribution in [2.75, 3.05) is 5.32 Å². The van der Waals surface area contributed by atoms with E-state index in [1.807, 2.05) is 6.07 Å². The molecule has 0 unspecified atom stereocenters. The minimum Gasteiger partial charge on any atom is -0.352 e. The average molecular weight is 372 g/mol. The number of hydrogen-bond acceptors (Lipinski definition) is 2. The molecule has 0 bridgehead atoms. The van der Waals surface area contributed by atoms with Crippen LogP contribution in [0.4, 0.5) is 5.69 Å². The van der Waals surface area contributed by atoms with Crippen LogP contribution in [0.1, 0.15) is 12.0 Å². The first-order valence-corrected chi connectivity index (χ1v) is 7.83. The van der Waals surface area contributed by atoms with E-state index in [2.05, 4.69) is 10.6 Å². The van der Waals surface area contributed by atoms with Crippen LogP contribution in [0.5, 0.6) is 0 Å². The van der Waals surface area contributed by atoms with Crippen LogP contribution in [-0.4, -0.2) is 11.8 Å². The quantitative estimate of drug-likeness (QED) is 0.770. The Morgan fingerprint density at radius 2 is 1.57 bits per heavy atom. The van der Waals surface area contributed by atoms with Crippen LogP contribution in [0.2, 0.25) is 15.1 Å². The monoisotopic (exact) mass is 370 g/mol. The van der Waals surface area contributed by atoms with Gasteiger partial charge in [0, 0.05) is 27.3 Å². The molecule has 23 heavy (non-hydrogen) atoms. The smallest absolute Gasteiger partial charge is 0.233 e. The molecule has 0 aliphatic heterocycles. The molecule has 0 aliphatic carbocycles. The van der Waals surface area contributed by atoms with Gasteiger partial charge in [0.05, 0.1) is 0 Å². The van der Waals surface area contributed by atoms with Gasteiger partial charge < -0.3 is 10.6 Å². The van der Waals surface area contributed by atoms with Crippen molar-refractivity contribution in [3.05, 3.63) is 63.1 Å². The maximum atomic E-state index is 11.8. The van der Waals surface area contributed by atoms with E-state index in [1.54, 1.807) is 36.4 Å². The number of benzene rings is 2. The molecular weight excluding hydrogens is 359 g/mol. The van der Waals surface area contributed by atoms with Gasteiger partial charge in [-0.1, -0.05) is 53.0 Å². The Morgan fingerprint density at radius 3 is 2.22 bits per heavy atom. The third kappa shape index (κ3) is 5.75. The highest BCUT2D eigenvalue weighted by atomic mass is 35.5. The van der Waals surface area contributed by atoms with Crippen molar-refractivity contribution in [3.8, 4) is 0 Å². The van der Waals surface area contributed by atoms with Crippen molar-refractivity contribution in [2.24, 2.45) is 0 Å². The van der Waals surface area contributed by atoms with Crippen LogP contribution in [0.3, 0.4) is 0 Å². The van der Waals surface area contributed by atoms with Crippen LogP contribution in [-0.2, 0) is 16.1 Å². The summed E-state index contributed by atoms with van der Waals surface area (Å²) in [7, 11) is 0. The zero-order valence-corrected chi connectivity index (χ0v) is 14.2. The fraction of sp³-hybridized carbons (Fsp3) is 0.125. The number of nitrogens with one attached hydrogen (secondary N) is 2. The summed E-state index contributed by atoms with van der Waals surface area (Å²) in [5.41, 5.74) is 1.22. The molecule has 0 spiro atoms. The molecule has 0 fully saturated rings. The maximum absolute atomic E-state index is 11.8. The fourth-order valence-corrected chi connectivity index (χ4v) is 2.60. The number of carbonyl (C=O) groups is 2. The zero-order valence-electron chi connectivity index (χ0n) is 11.9. The van der Waals surface area contributed by atoms with Gasteiger partial charge in [0.1, 0.15) is 6.42 Å². The Hall–Kier alpha value is -1.75. The number of anilines is 1. The van der Waals surface area contributed by atoms with Crippen LogP contribution < -0.4 is 10.6 Å². The summed E-state index contributed by atoms with van der Waals surface area (Å²) in [6, 6.07) is 11.8. The van der Waals surface area contributed by atoms with Crippen LogP contribution >= 0.6 is 34.8 Å². The molecule has 0 atom stereocenters. The number of amides is 2. The molecule has 2 aromatic rings. The van der Waals surface area contributed by atoms with E-state index in [-0.39, 0.29) is 13.0 Å². The molecule has 0 aliphatic rings. The second-order valence-electron chi connectivity index (χ2n) is 4.75. The number of rotatable bonds is 5. The van der Waals surface area contributed by atoms with Gasteiger partial charge in [0.2, 0.25) is 11.8 Å². The van der Waals surface area contributed by atoms with Crippen LogP contribution in [0.25, 0.3) is 0 Å². The molecule has 0 radical (unpaired) electrons. The average Bonchev–Trinajstić information content (AvgIpc) is 2.45. The van der Waals surface area contributed by atoms with Gasteiger partial charge in [-0.05, 0) is 29.8 Å². The predicted octanol–water partition coefficient (Wildman–Crippen LogP) is 4.29. The van der Waals surface area contributed by atoms with E-state index in [0.717, 1.165) is 5.56 Å². The maximum Gasteiger partial charge on any atom is 0.233 e. The predicted molar refractivity (Wildman–Crippen MR) is 93.0 cm³/mol. The normalized spacial score (nSPS) is 10.2. The summed E-state index contributed by atoms with van der Waals surface area (Å²) in [6.07, 6.45) is -0.311. The summed E-state index contributed by atoms with van der Waals surface area (Å²) in [4.78, 5) is 23.6. The molecule has 7 heteroatoms. The first kappa shape index (κ1) is 17.6. The summed E-state index contributed by atoms with van der Waals surface area (Å²) in [6.45, 7) is 0.259. The van der Waals surface area contributed by atoms with Gasteiger partial charge in [0.25, 0.3) is 0 Å². The van der Waals surface area contributed by atoms with E-state index in [0.29, 0.717) is 20.8 Å². The van der Waals surface area contributed by atoms with Gasteiger partial charge in [-0.3, -0.25) is 9.59 Å². The molecule has 2 amide bonds. The molecule has 0 heterocycles. The minimum absolute atomic E-state index is 0.259. The molecule has 0 saturated heterocycles. The molecule has 2 N–H and O–H groups in total. The first-order chi connectivity index (χ1) is 10.9. The third-order valence-electron chi connectivity index (χ3n) is 2.90. The molecule has 4 nitrogen and oxygen atoms in total. The van der Waals surface area contributed by atoms with E-state index in [1.165, 1.54) is 0 Å². The summed E-state index contributed by atoms with van der Waals surface area (Å²) >= 11 is 17.7. The number of halogens is 3. The van der Waals surface area contributed by atoms with Crippen molar-refractivity contribution < 1.29 is 9.59 Å². The SMILES string of the molecule is O=C(CC(=O)Nc1cc(Cl)cc(Cl)c1)NCc1ccccc1Cl. The van der Waals surface area contributed by atoms with Crippen LogP contribution in [0.15, 0.2) is 42.5 Å². The molecular formula is C16H13Cl3N2O2. The highest BCUT2D eigenvalue weighted by Gasteiger charge is 2.11. The zero-order chi connectivity index (χ0) is 16.8. The molecule has 2 rings (SSSR count). The molecule has 0 saturated carbocycles. The van der Waals surface area contributed by atoms with Gasteiger partial charge in [-0.15, -0.1) is 0 Å². The first-order valence-electron chi connectivity index (χ1n) is 6.70. The van der Waals surface area contributed by atoms with Crippen molar-refractivity contribution in [1.29, 1.82) is 0 Å². The van der Waals surface area contributed by atoms with E-state index in [4.69, 9.17) is 34.8 Å². The molecule has 0 aromatic heterocycles. The number of carbonyl (C=O) groups excluding carboxylic acids is 2. The lowest BCUT2D eigenvalue weighted by atomic mass is 10.2. The topological polar surface area (TPSA) is 58.2 Å². The Labute approximate surface area is 148 Å².